The molecule has 1 heterocycles. The lowest BCUT2D eigenvalue weighted by atomic mass is 10.3. The van der Waals surface area contributed by atoms with Gasteiger partial charge in [0.2, 0.25) is 5.91 Å². The van der Waals surface area contributed by atoms with Crippen molar-refractivity contribution in [3.8, 4) is 0 Å². The van der Waals surface area contributed by atoms with Crippen LogP contribution in [0.5, 0.6) is 0 Å². The van der Waals surface area contributed by atoms with Gasteiger partial charge in [0, 0.05) is 12.6 Å². The Morgan fingerprint density at radius 1 is 1.62 bits per heavy atom. The molecule has 0 aromatic carbocycles. The van der Waals surface area contributed by atoms with E-state index in [1.165, 1.54) is 18.4 Å². The lowest BCUT2D eigenvalue weighted by Gasteiger charge is -2.22. The number of amides is 1. The normalized spacial score (nSPS) is 15.1. The molecule has 1 fully saturated rings. The summed E-state index contributed by atoms with van der Waals surface area (Å²) in [5.41, 5.74) is 1.25. The molecule has 0 radical (unpaired) electrons. The van der Waals surface area contributed by atoms with Crippen LogP contribution in [-0.2, 0) is 11.3 Å². The molecule has 1 N–H and O–H groups in total. The number of carbonyl (C=O) groups is 1. The van der Waals surface area contributed by atoms with Crippen molar-refractivity contribution in [2.45, 2.75) is 32.4 Å². The molecule has 1 saturated carbocycles. The molecular weight excluding hydrogens is 220 g/mol. The van der Waals surface area contributed by atoms with Gasteiger partial charge in [0.25, 0.3) is 0 Å². The summed E-state index contributed by atoms with van der Waals surface area (Å²) in [6.45, 7) is 4.12. The van der Waals surface area contributed by atoms with Crippen molar-refractivity contribution in [3.05, 3.63) is 22.4 Å². The van der Waals surface area contributed by atoms with Gasteiger partial charge >= 0.3 is 0 Å². The number of likely N-dealkylation sites (N-methyl/N-ethyl adjacent to an activating group) is 1. The van der Waals surface area contributed by atoms with Gasteiger partial charge in [-0.05, 0) is 41.8 Å². The van der Waals surface area contributed by atoms with Gasteiger partial charge in [-0.3, -0.25) is 4.79 Å². The van der Waals surface area contributed by atoms with Gasteiger partial charge in [0.15, 0.2) is 0 Å². The Bertz CT molecular complexity index is 333. The number of hydrogen-bond donors (Lipinski definition) is 1. The molecule has 4 heteroatoms. The molecule has 1 amide bonds. The summed E-state index contributed by atoms with van der Waals surface area (Å²) in [6.07, 6.45) is 2.34. The summed E-state index contributed by atoms with van der Waals surface area (Å²) in [7, 11) is 0. The van der Waals surface area contributed by atoms with Crippen molar-refractivity contribution in [2.24, 2.45) is 0 Å². The number of rotatable bonds is 6. The van der Waals surface area contributed by atoms with Gasteiger partial charge in [-0.2, -0.15) is 11.3 Å². The van der Waals surface area contributed by atoms with Crippen LogP contribution in [0, 0.1) is 0 Å². The predicted molar refractivity (Wildman–Crippen MR) is 66.4 cm³/mol. The topological polar surface area (TPSA) is 32.3 Å². The highest BCUT2D eigenvalue weighted by Gasteiger charge is 2.32. The number of hydrogen-bond acceptors (Lipinski definition) is 3. The zero-order valence-corrected chi connectivity index (χ0v) is 10.4. The van der Waals surface area contributed by atoms with Crippen LogP contribution in [-0.4, -0.2) is 29.9 Å². The van der Waals surface area contributed by atoms with Gasteiger partial charge in [-0.1, -0.05) is 6.92 Å². The maximum absolute atomic E-state index is 12.0. The molecule has 0 spiro atoms. The largest absolute Gasteiger partial charge is 0.334 e. The summed E-state index contributed by atoms with van der Waals surface area (Å²) in [5.74, 6) is 0.232. The highest BCUT2D eigenvalue weighted by Crippen LogP contribution is 2.28. The Morgan fingerprint density at radius 2 is 2.44 bits per heavy atom. The van der Waals surface area contributed by atoms with Crippen LogP contribution >= 0.6 is 11.3 Å². The van der Waals surface area contributed by atoms with Crippen molar-refractivity contribution < 1.29 is 4.79 Å². The molecule has 0 bridgehead atoms. The van der Waals surface area contributed by atoms with Crippen molar-refractivity contribution >= 4 is 17.2 Å². The second-order valence-electron chi connectivity index (χ2n) is 4.16. The van der Waals surface area contributed by atoms with E-state index in [0.717, 1.165) is 13.1 Å². The molecule has 0 saturated heterocycles. The smallest absolute Gasteiger partial charge is 0.237 e. The fourth-order valence-electron chi connectivity index (χ4n) is 1.72. The number of nitrogens with zero attached hydrogens (tertiary/aromatic N) is 1. The van der Waals surface area contributed by atoms with E-state index in [0.29, 0.717) is 12.6 Å². The monoisotopic (exact) mass is 238 g/mol. The van der Waals surface area contributed by atoms with Crippen LogP contribution in [0.1, 0.15) is 25.3 Å². The predicted octanol–water partition coefficient (Wildman–Crippen LogP) is 1.85. The van der Waals surface area contributed by atoms with Crippen LogP contribution in [0.25, 0.3) is 0 Å². The van der Waals surface area contributed by atoms with E-state index in [4.69, 9.17) is 0 Å². The zero-order valence-electron chi connectivity index (χ0n) is 9.61. The first-order chi connectivity index (χ1) is 7.81. The van der Waals surface area contributed by atoms with Gasteiger partial charge in [-0.25, -0.2) is 0 Å². The third kappa shape index (κ3) is 3.06. The minimum absolute atomic E-state index is 0.232. The molecule has 1 aliphatic rings. The van der Waals surface area contributed by atoms with Gasteiger partial charge in [0.05, 0.1) is 6.54 Å². The Morgan fingerprint density at radius 3 is 3.00 bits per heavy atom. The van der Waals surface area contributed by atoms with E-state index in [-0.39, 0.29) is 5.91 Å². The average Bonchev–Trinajstić information content (AvgIpc) is 3.00. The molecule has 0 aliphatic heterocycles. The molecular formula is C12H18N2OS. The molecule has 0 atom stereocenters. The zero-order chi connectivity index (χ0) is 11.4. The number of nitrogens with one attached hydrogen (secondary N) is 1. The molecule has 16 heavy (non-hydrogen) atoms. The lowest BCUT2D eigenvalue weighted by molar-refractivity contribution is -0.131. The molecule has 2 rings (SSSR count). The second kappa shape index (κ2) is 5.46. The molecule has 88 valence electrons. The summed E-state index contributed by atoms with van der Waals surface area (Å²) in [4.78, 5) is 14.0. The van der Waals surface area contributed by atoms with Crippen molar-refractivity contribution in [1.29, 1.82) is 0 Å². The second-order valence-corrected chi connectivity index (χ2v) is 4.94. The van der Waals surface area contributed by atoms with Crippen LogP contribution in [0.2, 0.25) is 0 Å². The molecule has 1 aliphatic carbocycles. The summed E-state index contributed by atoms with van der Waals surface area (Å²) >= 11 is 1.69. The van der Waals surface area contributed by atoms with Crippen LogP contribution in [0.3, 0.4) is 0 Å². The molecule has 1 aromatic heterocycles. The highest BCUT2D eigenvalue weighted by atomic mass is 32.1. The Kier molecular flexibility index (Phi) is 3.96. The Balaban J connectivity index is 1.92. The first-order valence-electron chi connectivity index (χ1n) is 5.82. The Labute approximate surface area is 100 Å². The minimum Gasteiger partial charge on any atom is -0.334 e. The van der Waals surface area contributed by atoms with Gasteiger partial charge in [0.1, 0.15) is 0 Å². The fraction of sp³-hybridized carbons (Fsp3) is 0.583. The number of thiophene rings is 1. The average molecular weight is 238 g/mol. The van der Waals surface area contributed by atoms with E-state index in [1.807, 2.05) is 11.8 Å². The number of carbonyl (C=O) groups excluding carboxylic acids is 1. The van der Waals surface area contributed by atoms with E-state index < -0.39 is 0 Å². The quantitative estimate of drug-likeness (QED) is 0.820. The third-order valence-electron chi connectivity index (χ3n) is 2.77. The van der Waals surface area contributed by atoms with E-state index in [2.05, 4.69) is 22.1 Å². The highest BCUT2D eigenvalue weighted by molar-refractivity contribution is 7.07. The summed E-state index contributed by atoms with van der Waals surface area (Å²) in [5, 5.41) is 7.29. The van der Waals surface area contributed by atoms with E-state index in [1.54, 1.807) is 11.3 Å². The first-order valence-corrected chi connectivity index (χ1v) is 6.76. The maximum Gasteiger partial charge on any atom is 0.237 e. The summed E-state index contributed by atoms with van der Waals surface area (Å²) in [6, 6.07) is 2.59. The van der Waals surface area contributed by atoms with Crippen LogP contribution in [0.15, 0.2) is 16.8 Å². The fourth-order valence-corrected chi connectivity index (χ4v) is 2.38. The SMILES string of the molecule is CCNCC(=O)N(Cc1ccsc1)C1CC1. The summed E-state index contributed by atoms with van der Waals surface area (Å²) < 4.78 is 0. The van der Waals surface area contributed by atoms with E-state index >= 15 is 0 Å². The lowest BCUT2D eigenvalue weighted by Crippen LogP contribution is -2.39. The van der Waals surface area contributed by atoms with Gasteiger partial charge in [-0.15, -0.1) is 0 Å². The van der Waals surface area contributed by atoms with Crippen LogP contribution in [0.4, 0.5) is 0 Å². The van der Waals surface area contributed by atoms with Crippen LogP contribution < -0.4 is 5.32 Å². The van der Waals surface area contributed by atoms with Gasteiger partial charge < -0.3 is 10.2 Å². The molecule has 0 unspecified atom stereocenters. The van der Waals surface area contributed by atoms with Crippen molar-refractivity contribution in [3.63, 3.8) is 0 Å². The maximum atomic E-state index is 12.0. The van der Waals surface area contributed by atoms with Crippen molar-refractivity contribution in [1.82, 2.24) is 10.2 Å². The minimum atomic E-state index is 0.232. The molecule has 1 aromatic rings. The molecule has 3 nitrogen and oxygen atoms in total. The van der Waals surface area contributed by atoms with Crippen molar-refractivity contribution in [2.75, 3.05) is 13.1 Å². The first kappa shape index (κ1) is 11.6. The third-order valence-corrected chi connectivity index (χ3v) is 3.50. The standard InChI is InChI=1S/C12H18N2OS/c1-2-13-7-12(15)14(11-3-4-11)8-10-5-6-16-9-10/h5-6,9,11,13H,2-4,7-8H2,1H3. The Hall–Kier alpha value is -0.870. The van der Waals surface area contributed by atoms with E-state index in [9.17, 15) is 4.79 Å².